The molecule has 1 aliphatic heterocycles. The number of carbonyl (C=O) groups excluding carboxylic acids is 1. The number of aromatic nitrogens is 1. The number of aryl methyl sites for hydroxylation is 2. The number of hydrogen-bond acceptors (Lipinski definition) is 6. The van der Waals surface area contributed by atoms with E-state index in [1.807, 2.05) is 0 Å². The van der Waals surface area contributed by atoms with Crippen molar-refractivity contribution < 1.29 is 26.7 Å². The van der Waals surface area contributed by atoms with Gasteiger partial charge >= 0.3 is 0 Å². The first-order chi connectivity index (χ1) is 14.8. The van der Waals surface area contributed by atoms with Crippen molar-refractivity contribution in [1.82, 2.24) is 4.98 Å². The number of H-pyrrole nitrogens is 1. The molecule has 32 heavy (non-hydrogen) atoms. The fourth-order valence-corrected chi connectivity index (χ4v) is 5.89. The van der Waals surface area contributed by atoms with Crippen molar-refractivity contribution >= 4 is 51.1 Å². The van der Waals surface area contributed by atoms with Gasteiger partial charge in [-0.1, -0.05) is 24.3 Å². The maximum absolute atomic E-state index is 12.8. The van der Waals surface area contributed by atoms with E-state index in [1.54, 1.807) is 26.0 Å². The van der Waals surface area contributed by atoms with E-state index in [1.165, 1.54) is 24.3 Å². The van der Waals surface area contributed by atoms with E-state index in [0.717, 1.165) is 0 Å². The van der Waals surface area contributed by atoms with Crippen LogP contribution in [0, 0.1) is 13.8 Å². The predicted molar refractivity (Wildman–Crippen MR) is 120 cm³/mol. The van der Waals surface area contributed by atoms with Crippen LogP contribution < -0.4 is 0 Å². The monoisotopic (exact) mass is 512 g/mol. The first-order valence-corrected chi connectivity index (χ1v) is 13.6. The Morgan fingerprint density at radius 3 is 1.88 bits per heavy atom. The molecule has 0 unspecified atom stereocenters. The Labute approximate surface area is 192 Å². The van der Waals surface area contributed by atoms with Crippen LogP contribution >= 0.6 is 21.4 Å². The van der Waals surface area contributed by atoms with Crippen LogP contribution in [-0.4, -0.2) is 38.5 Å². The van der Waals surface area contributed by atoms with Gasteiger partial charge in [0.1, 0.15) is 0 Å². The SMILES string of the molecule is Cc1ccc(C2=NC(=O)c3c(-c4ccc(C)cc4S(=O)(=O)Cl)[nH]c(O)c32)c(S(=O)(=O)Cl)c1. The quantitative estimate of drug-likeness (QED) is 0.509. The van der Waals surface area contributed by atoms with E-state index < -0.39 is 29.9 Å². The summed E-state index contributed by atoms with van der Waals surface area (Å²) in [6.07, 6.45) is 0. The predicted octanol–water partition coefficient (Wildman–Crippen LogP) is 3.85. The number of amides is 1. The third-order valence-electron chi connectivity index (χ3n) is 4.97. The first-order valence-electron chi connectivity index (χ1n) is 8.98. The van der Waals surface area contributed by atoms with E-state index in [9.17, 15) is 26.7 Å². The molecule has 1 aromatic heterocycles. The zero-order valence-electron chi connectivity index (χ0n) is 16.5. The Hall–Kier alpha value is -2.66. The molecular weight excluding hydrogens is 499 g/mol. The van der Waals surface area contributed by atoms with Crippen molar-refractivity contribution in [2.45, 2.75) is 23.6 Å². The number of rotatable bonds is 4. The molecular formula is C20H14Cl2N2O6S2. The van der Waals surface area contributed by atoms with Crippen molar-refractivity contribution in [2.24, 2.45) is 4.99 Å². The molecule has 2 heterocycles. The summed E-state index contributed by atoms with van der Waals surface area (Å²) in [7, 11) is 2.76. The average Bonchev–Trinajstić information content (AvgIpc) is 3.19. The summed E-state index contributed by atoms with van der Waals surface area (Å²) in [4.78, 5) is 18.8. The van der Waals surface area contributed by atoms with Gasteiger partial charge in [-0.25, -0.2) is 21.8 Å². The normalized spacial score (nSPS) is 13.9. The number of aliphatic imine (C=N–C) groups is 1. The van der Waals surface area contributed by atoms with Gasteiger partial charge in [0.2, 0.25) is 0 Å². The third kappa shape index (κ3) is 3.73. The minimum Gasteiger partial charge on any atom is -0.494 e. The van der Waals surface area contributed by atoms with Crippen LogP contribution in [0.2, 0.25) is 0 Å². The smallest absolute Gasteiger partial charge is 0.280 e. The van der Waals surface area contributed by atoms with Gasteiger partial charge in [-0.05, 0) is 37.1 Å². The van der Waals surface area contributed by atoms with Crippen LogP contribution in [0.5, 0.6) is 5.88 Å². The molecule has 3 aromatic rings. The topological polar surface area (TPSA) is 134 Å². The van der Waals surface area contributed by atoms with Crippen LogP contribution in [0.3, 0.4) is 0 Å². The number of nitrogens with one attached hydrogen (secondary N) is 1. The minimum atomic E-state index is -4.21. The summed E-state index contributed by atoms with van der Waals surface area (Å²) in [5, 5.41) is 10.6. The highest BCUT2D eigenvalue weighted by Crippen LogP contribution is 2.41. The molecule has 0 saturated carbocycles. The molecule has 2 N–H and O–H groups in total. The van der Waals surface area contributed by atoms with Gasteiger partial charge < -0.3 is 10.1 Å². The van der Waals surface area contributed by atoms with Gasteiger partial charge in [0.15, 0.2) is 5.88 Å². The highest BCUT2D eigenvalue weighted by atomic mass is 35.7. The lowest BCUT2D eigenvalue weighted by molar-refractivity contribution is 0.101. The number of carbonyl (C=O) groups is 1. The molecule has 0 saturated heterocycles. The molecule has 0 aliphatic carbocycles. The van der Waals surface area contributed by atoms with E-state index in [-0.39, 0.29) is 43.5 Å². The molecule has 12 heteroatoms. The number of benzene rings is 2. The zero-order valence-corrected chi connectivity index (χ0v) is 19.6. The molecule has 166 valence electrons. The van der Waals surface area contributed by atoms with Crippen molar-refractivity contribution in [2.75, 3.05) is 0 Å². The van der Waals surface area contributed by atoms with Crippen LogP contribution in [-0.2, 0) is 18.1 Å². The van der Waals surface area contributed by atoms with E-state index in [2.05, 4.69) is 9.98 Å². The Bertz CT molecular complexity index is 1570. The Kier molecular flexibility index (Phi) is 5.24. The lowest BCUT2D eigenvalue weighted by Gasteiger charge is -2.08. The molecule has 4 rings (SSSR count). The van der Waals surface area contributed by atoms with Gasteiger partial charge in [-0.15, -0.1) is 0 Å². The second kappa shape index (κ2) is 7.45. The summed E-state index contributed by atoms with van der Waals surface area (Å²) in [6, 6.07) is 8.76. The number of nitrogens with zero attached hydrogens (tertiary/aromatic N) is 1. The maximum atomic E-state index is 12.8. The molecule has 8 nitrogen and oxygen atoms in total. The summed E-state index contributed by atoms with van der Waals surface area (Å²) < 4.78 is 48.5. The molecule has 1 aliphatic rings. The molecule has 0 radical (unpaired) electrons. The molecule has 2 aromatic carbocycles. The number of fused-ring (bicyclic) bond motifs is 1. The van der Waals surface area contributed by atoms with Gasteiger partial charge in [0.05, 0.1) is 32.3 Å². The first kappa shape index (κ1) is 22.5. The van der Waals surface area contributed by atoms with E-state index in [0.29, 0.717) is 11.1 Å². The minimum absolute atomic E-state index is 0.0112. The Morgan fingerprint density at radius 1 is 0.844 bits per heavy atom. The molecule has 0 atom stereocenters. The summed E-state index contributed by atoms with van der Waals surface area (Å²) in [5.74, 6) is -1.28. The third-order valence-corrected chi connectivity index (χ3v) is 7.69. The van der Waals surface area contributed by atoms with Crippen molar-refractivity contribution in [3.63, 3.8) is 0 Å². The lowest BCUT2D eigenvalue weighted by Crippen LogP contribution is -2.07. The highest BCUT2D eigenvalue weighted by Gasteiger charge is 2.36. The summed E-state index contributed by atoms with van der Waals surface area (Å²) in [5.41, 5.74) is 1.01. The number of aromatic hydroxyl groups is 1. The fourth-order valence-electron chi connectivity index (χ4n) is 3.61. The van der Waals surface area contributed by atoms with Gasteiger partial charge in [0, 0.05) is 32.5 Å². The Balaban J connectivity index is 2.00. The van der Waals surface area contributed by atoms with Gasteiger partial charge in [-0.3, -0.25) is 4.79 Å². The van der Waals surface area contributed by atoms with Crippen LogP contribution in [0.15, 0.2) is 51.2 Å². The van der Waals surface area contributed by atoms with Crippen molar-refractivity contribution in [1.29, 1.82) is 0 Å². The Morgan fingerprint density at radius 2 is 1.34 bits per heavy atom. The molecule has 0 fully saturated rings. The van der Waals surface area contributed by atoms with Crippen LogP contribution in [0.25, 0.3) is 11.3 Å². The van der Waals surface area contributed by atoms with Crippen molar-refractivity contribution in [3.05, 3.63) is 64.2 Å². The second-order valence-corrected chi connectivity index (χ2v) is 12.3. The highest BCUT2D eigenvalue weighted by molar-refractivity contribution is 8.14. The van der Waals surface area contributed by atoms with Gasteiger partial charge in [-0.2, -0.15) is 0 Å². The van der Waals surface area contributed by atoms with Crippen LogP contribution in [0.1, 0.15) is 32.6 Å². The number of hydrogen-bond donors (Lipinski definition) is 2. The van der Waals surface area contributed by atoms with Gasteiger partial charge in [0.25, 0.3) is 24.0 Å². The largest absolute Gasteiger partial charge is 0.494 e. The van der Waals surface area contributed by atoms with E-state index >= 15 is 0 Å². The summed E-state index contributed by atoms with van der Waals surface area (Å²) >= 11 is 0. The molecule has 0 bridgehead atoms. The lowest BCUT2D eigenvalue weighted by atomic mass is 9.99. The molecule has 0 spiro atoms. The number of aromatic amines is 1. The van der Waals surface area contributed by atoms with E-state index in [4.69, 9.17) is 21.4 Å². The molecule has 1 amide bonds. The maximum Gasteiger partial charge on any atom is 0.280 e. The zero-order chi connectivity index (χ0) is 23.6. The standard InChI is InChI=1S/C20H14Cl2N2O6S2/c1-9-3-5-11(13(7-9)31(21,27)28)17-15-16(20(26)23-17)18(24-19(15)25)12-6-4-10(2)8-14(12)32(22,29)30/h3-8,23,26H,1-2H3. The fraction of sp³-hybridized carbons (Fsp3) is 0.100. The van der Waals surface area contributed by atoms with Crippen molar-refractivity contribution in [3.8, 4) is 17.1 Å². The second-order valence-electron chi connectivity index (χ2n) is 7.24. The average molecular weight is 513 g/mol. The van der Waals surface area contributed by atoms with Crippen LogP contribution in [0.4, 0.5) is 0 Å². The number of halogens is 2. The summed E-state index contributed by atoms with van der Waals surface area (Å²) in [6.45, 7) is 3.34.